The van der Waals surface area contributed by atoms with Crippen molar-refractivity contribution in [3.8, 4) is 0 Å². The lowest BCUT2D eigenvalue weighted by Gasteiger charge is -2.48. The Morgan fingerprint density at radius 2 is 1.68 bits per heavy atom. The molecule has 1 aromatic carbocycles. The predicted octanol–water partition coefficient (Wildman–Crippen LogP) is 6.24. The maximum Gasteiger partial charge on any atom is 0.410 e. The van der Waals surface area contributed by atoms with Gasteiger partial charge in [-0.25, -0.2) is 4.79 Å². The van der Waals surface area contributed by atoms with E-state index in [4.69, 9.17) is 28.4 Å². The summed E-state index contributed by atoms with van der Waals surface area (Å²) in [4.78, 5) is 72.7. The Morgan fingerprint density at radius 1 is 0.956 bits per heavy atom. The molecule has 0 bridgehead atoms. The first-order valence-electron chi connectivity index (χ1n) is 24.3. The minimum absolute atomic E-state index is 0.115. The fraction of sp³-hybridized carbons (Fsp3) is 0.654. The van der Waals surface area contributed by atoms with Gasteiger partial charge in [-0.05, 0) is 97.4 Å². The Balaban J connectivity index is 1.38. The SMILES string of the molecule is CC[C@H]1OC(=O)[C@H](C)[C@@H](OC(=O)Cc2ccccn2)[C@H](C)[C@@H](O[C@H]2O[C@@H](C)C[C@@H](N(C)CC)[C@@H]2O)[C@](C)(OC)C[C@@H](C)C(=O)[C@H](C)[C@H]2N(CCN(C)Cc3ccnc4ccccc34)C(=O)O[C@]12C. The van der Waals surface area contributed by atoms with Crippen LogP contribution in [0.25, 0.3) is 10.9 Å². The van der Waals surface area contributed by atoms with Crippen LogP contribution in [0.2, 0.25) is 0 Å². The summed E-state index contributed by atoms with van der Waals surface area (Å²) in [6.45, 7) is 18.3. The van der Waals surface area contributed by atoms with Crippen LogP contribution in [0.3, 0.4) is 0 Å². The predicted molar refractivity (Wildman–Crippen MR) is 255 cm³/mol. The largest absolute Gasteiger partial charge is 0.461 e. The number of cyclic esters (lactones) is 1. The van der Waals surface area contributed by atoms with Crippen LogP contribution in [0.1, 0.15) is 92.8 Å². The van der Waals surface area contributed by atoms with E-state index >= 15 is 4.79 Å². The van der Waals surface area contributed by atoms with Crippen LogP contribution < -0.4 is 0 Å². The number of ether oxygens (including phenoxy) is 6. The molecule has 0 saturated carbocycles. The number of aromatic nitrogens is 2. The number of pyridine rings is 2. The monoisotopic (exact) mass is 946 g/mol. The van der Waals surface area contributed by atoms with Gasteiger partial charge in [0.2, 0.25) is 0 Å². The number of likely N-dealkylation sites (N-methyl/N-ethyl adjacent to an activating group) is 2. The second kappa shape index (κ2) is 22.4. The molecule has 16 nitrogen and oxygen atoms in total. The average Bonchev–Trinajstić information content (AvgIpc) is 3.59. The van der Waals surface area contributed by atoms with E-state index in [9.17, 15) is 19.5 Å². The van der Waals surface area contributed by atoms with Crippen molar-refractivity contribution in [3.63, 3.8) is 0 Å². The van der Waals surface area contributed by atoms with Crippen LogP contribution in [0.15, 0.2) is 60.9 Å². The second-order valence-electron chi connectivity index (χ2n) is 19.9. The van der Waals surface area contributed by atoms with E-state index in [-0.39, 0.29) is 43.7 Å². The molecular weight excluding hydrogens is 871 g/mol. The van der Waals surface area contributed by atoms with E-state index in [1.54, 1.807) is 56.3 Å². The minimum Gasteiger partial charge on any atom is -0.461 e. The highest BCUT2D eigenvalue weighted by atomic mass is 16.7. The lowest BCUT2D eigenvalue weighted by Crippen LogP contribution is -2.61. The van der Waals surface area contributed by atoms with Crippen molar-refractivity contribution in [2.24, 2.45) is 23.7 Å². The second-order valence-corrected chi connectivity index (χ2v) is 19.9. The molecule has 3 aromatic rings. The quantitative estimate of drug-likeness (QED) is 0.142. The van der Waals surface area contributed by atoms with Crippen molar-refractivity contribution in [1.82, 2.24) is 24.7 Å². The Labute approximate surface area is 402 Å². The number of Topliss-reactive ketones (excluding diaryl/α,β-unsaturated/α-hetero) is 1. The number of ketones is 1. The zero-order valence-electron chi connectivity index (χ0n) is 42.1. The summed E-state index contributed by atoms with van der Waals surface area (Å²) in [7, 11) is 5.44. The van der Waals surface area contributed by atoms with Crippen LogP contribution in [0.4, 0.5) is 4.79 Å². The minimum atomic E-state index is -1.46. The number of esters is 2. The van der Waals surface area contributed by atoms with Gasteiger partial charge in [-0.2, -0.15) is 0 Å². The lowest BCUT2D eigenvalue weighted by molar-refractivity contribution is -0.302. The number of carbonyl (C=O) groups is 4. The van der Waals surface area contributed by atoms with E-state index in [2.05, 4.69) is 14.9 Å². The van der Waals surface area contributed by atoms with Crippen molar-refractivity contribution in [1.29, 1.82) is 0 Å². The number of nitrogens with zero attached hydrogens (tertiary/aromatic N) is 5. The maximum absolute atomic E-state index is 15.1. The molecule has 6 rings (SSSR count). The third kappa shape index (κ3) is 11.4. The summed E-state index contributed by atoms with van der Waals surface area (Å²) in [5.41, 5.74) is -0.312. The third-order valence-corrected chi connectivity index (χ3v) is 15.0. The number of hydrogen-bond donors (Lipinski definition) is 1. The standard InChI is InChI=1S/C52H75N5O11/c1-13-41-52(9)46(57(50(62)68-52)26-25-55(10)30-36-22-24-54-39-21-16-15-20-38(36)39)33(5)43(59)31(3)29-51(8,63-12)47(67-49-44(60)40(56(11)14-2)27-32(4)64-49)34(6)45(35(7)48(61)65-41)66-42(58)28-37-19-17-18-23-53-37/h15-24,31-35,40-41,44-47,49,60H,13-14,25-30H2,1-12H3/t31-,32+,33+,34+,35-,40-,41-,44+,45+,46-,47-,49-,51-,52-/m1/s1. The summed E-state index contributed by atoms with van der Waals surface area (Å²) >= 11 is 0. The van der Waals surface area contributed by atoms with Crippen LogP contribution in [-0.2, 0) is 55.8 Å². The van der Waals surface area contributed by atoms with Gasteiger partial charge in [0.25, 0.3) is 0 Å². The highest BCUT2D eigenvalue weighted by Crippen LogP contribution is 2.44. The van der Waals surface area contributed by atoms with E-state index in [0.717, 1.165) is 16.5 Å². The third-order valence-electron chi connectivity index (χ3n) is 15.0. The number of methoxy groups -OCH3 is 1. The fourth-order valence-electron chi connectivity index (χ4n) is 11.0. The number of para-hydroxylation sites is 1. The Kier molecular flexibility index (Phi) is 17.4. The van der Waals surface area contributed by atoms with Crippen molar-refractivity contribution < 1.29 is 52.7 Å². The zero-order valence-corrected chi connectivity index (χ0v) is 42.1. The number of benzene rings is 1. The molecule has 3 aliphatic heterocycles. The van der Waals surface area contributed by atoms with Gasteiger partial charge in [-0.3, -0.25) is 29.3 Å². The topological polar surface area (TPSA) is 179 Å². The summed E-state index contributed by atoms with van der Waals surface area (Å²) in [5, 5.41) is 12.9. The Bertz CT molecular complexity index is 2200. The van der Waals surface area contributed by atoms with E-state index in [1.165, 1.54) is 7.11 Å². The zero-order chi connectivity index (χ0) is 49.7. The summed E-state index contributed by atoms with van der Waals surface area (Å²) in [5.74, 6) is -4.89. The average molecular weight is 946 g/mol. The van der Waals surface area contributed by atoms with Gasteiger partial charge in [-0.1, -0.05) is 58.9 Å². The molecule has 3 fully saturated rings. The number of aliphatic hydroxyl groups is 1. The highest BCUT2D eigenvalue weighted by molar-refractivity contribution is 5.85. The van der Waals surface area contributed by atoms with Gasteiger partial charge in [0, 0.05) is 68.3 Å². The number of aliphatic hydroxyl groups excluding tert-OH is 1. The summed E-state index contributed by atoms with van der Waals surface area (Å²) in [6.07, 6.45) is -2.23. The molecule has 374 valence electrons. The lowest BCUT2D eigenvalue weighted by atomic mass is 9.73. The molecule has 0 aliphatic carbocycles. The normalized spacial score (nSPS) is 34.1. The van der Waals surface area contributed by atoms with Gasteiger partial charge < -0.3 is 43.3 Å². The first-order chi connectivity index (χ1) is 32.3. The van der Waals surface area contributed by atoms with Crippen LogP contribution >= 0.6 is 0 Å². The van der Waals surface area contributed by atoms with Crippen molar-refractivity contribution in [2.75, 3.05) is 40.8 Å². The smallest absolute Gasteiger partial charge is 0.410 e. The molecule has 0 radical (unpaired) electrons. The van der Waals surface area contributed by atoms with Gasteiger partial charge in [-0.15, -0.1) is 0 Å². The molecule has 0 spiro atoms. The number of rotatable bonds is 14. The summed E-state index contributed by atoms with van der Waals surface area (Å²) < 4.78 is 38.8. The van der Waals surface area contributed by atoms with Gasteiger partial charge >= 0.3 is 18.0 Å². The molecule has 2 aromatic heterocycles. The molecule has 68 heavy (non-hydrogen) atoms. The van der Waals surface area contributed by atoms with Crippen molar-refractivity contribution in [2.45, 2.75) is 155 Å². The van der Waals surface area contributed by atoms with Gasteiger partial charge in [0.15, 0.2) is 11.9 Å². The fourth-order valence-corrected chi connectivity index (χ4v) is 11.0. The van der Waals surface area contributed by atoms with Crippen LogP contribution in [0.5, 0.6) is 0 Å². The van der Waals surface area contributed by atoms with Crippen LogP contribution in [-0.4, -0.2) is 155 Å². The molecule has 14 atom stereocenters. The first kappa shape index (κ1) is 52.8. The van der Waals surface area contributed by atoms with Crippen molar-refractivity contribution >= 4 is 34.7 Å². The number of hydrogen-bond acceptors (Lipinski definition) is 15. The molecule has 16 heteroatoms. The maximum atomic E-state index is 15.1. The van der Waals surface area contributed by atoms with E-state index in [1.807, 2.05) is 90.9 Å². The first-order valence-corrected chi connectivity index (χ1v) is 24.3. The van der Waals surface area contributed by atoms with E-state index in [0.29, 0.717) is 31.7 Å². The molecule has 1 N–H and O–H groups in total. The van der Waals surface area contributed by atoms with Gasteiger partial charge in [0.05, 0.1) is 47.4 Å². The molecule has 5 heterocycles. The molecule has 1 amide bonds. The number of amides is 1. The molecule has 3 saturated heterocycles. The van der Waals surface area contributed by atoms with Crippen molar-refractivity contribution in [3.05, 3.63) is 72.2 Å². The van der Waals surface area contributed by atoms with Gasteiger partial charge in [0.1, 0.15) is 24.1 Å². The molecule has 0 unspecified atom stereocenters. The number of fused-ring (bicyclic) bond motifs is 2. The molecule has 3 aliphatic rings. The Hall–Kier alpha value is -4.58. The molecular formula is C52H75N5O11. The van der Waals surface area contributed by atoms with E-state index < -0.39 is 89.7 Å². The Morgan fingerprint density at radius 3 is 2.35 bits per heavy atom. The highest BCUT2D eigenvalue weighted by Gasteiger charge is 2.60. The number of carbonyl (C=O) groups excluding carboxylic acids is 4. The summed E-state index contributed by atoms with van der Waals surface area (Å²) in [6, 6.07) is 14.0. The van der Waals surface area contributed by atoms with Crippen LogP contribution in [0, 0.1) is 23.7 Å².